The highest BCUT2D eigenvalue weighted by molar-refractivity contribution is 5.82. The van der Waals surface area contributed by atoms with Crippen LogP contribution in [0.1, 0.15) is 17.6 Å². The van der Waals surface area contributed by atoms with Crippen LogP contribution in [-0.2, 0) is 14.3 Å². The largest absolute Gasteiger partial charge is 0.465 e. The van der Waals surface area contributed by atoms with E-state index in [0.29, 0.717) is 32.9 Å². The van der Waals surface area contributed by atoms with Gasteiger partial charge < -0.3 is 19.2 Å². The third-order valence-electron chi connectivity index (χ3n) is 4.25. The molecule has 3 rings (SSSR count). The lowest BCUT2D eigenvalue weighted by Crippen LogP contribution is -2.45. The molecular formula is C16H23N3O5. The van der Waals surface area contributed by atoms with Crippen molar-refractivity contribution >= 4 is 12.0 Å². The van der Waals surface area contributed by atoms with Crippen molar-refractivity contribution in [3.63, 3.8) is 0 Å². The van der Waals surface area contributed by atoms with Gasteiger partial charge in [0.05, 0.1) is 25.8 Å². The van der Waals surface area contributed by atoms with Crippen LogP contribution in [0.15, 0.2) is 16.5 Å². The van der Waals surface area contributed by atoms with Gasteiger partial charge in [0, 0.05) is 19.6 Å². The van der Waals surface area contributed by atoms with Crippen LogP contribution in [0.25, 0.3) is 0 Å². The van der Waals surface area contributed by atoms with E-state index in [1.54, 1.807) is 0 Å². The van der Waals surface area contributed by atoms with Gasteiger partial charge in [0.1, 0.15) is 24.7 Å². The van der Waals surface area contributed by atoms with Crippen LogP contribution in [0.3, 0.4) is 0 Å². The number of aryl methyl sites for hydroxylation is 1. The van der Waals surface area contributed by atoms with Gasteiger partial charge in [-0.15, -0.1) is 0 Å². The number of hydrogen-bond donors (Lipinski definition) is 1. The molecule has 132 valence electrons. The van der Waals surface area contributed by atoms with Crippen LogP contribution >= 0.6 is 0 Å². The monoisotopic (exact) mass is 337 g/mol. The number of nitrogens with zero attached hydrogens (tertiary/aromatic N) is 2. The summed E-state index contributed by atoms with van der Waals surface area (Å²) in [6.07, 6.45) is -0.434. The molecule has 8 heteroatoms. The number of rotatable bonds is 6. The fraction of sp³-hybridized carbons (Fsp3) is 0.625. The van der Waals surface area contributed by atoms with Crippen molar-refractivity contribution in [3.8, 4) is 0 Å². The van der Waals surface area contributed by atoms with Gasteiger partial charge in [-0.05, 0) is 19.1 Å². The fourth-order valence-electron chi connectivity index (χ4n) is 2.94. The smallest absolute Gasteiger partial charge is 0.410 e. The summed E-state index contributed by atoms with van der Waals surface area (Å²) in [5.41, 5.74) is 0. The number of carbonyl (C=O) groups excluding carboxylic acids is 2. The van der Waals surface area contributed by atoms with Gasteiger partial charge in [-0.25, -0.2) is 4.79 Å². The number of nitrogens with one attached hydrogen (secondary N) is 1. The summed E-state index contributed by atoms with van der Waals surface area (Å²) < 4.78 is 16.0. The number of amides is 2. The predicted molar refractivity (Wildman–Crippen MR) is 84.5 cm³/mol. The molecule has 2 aliphatic rings. The first-order valence-corrected chi connectivity index (χ1v) is 8.20. The van der Waals surface area contributed by atoms with Crippen LogP contribution in [0, 0.1) is 6.92 Å². The van der Waals surface area contributed by atoms with Crippen molar-refractivity contribution in [2.75, 3.05) is 52.5 Å². The van der Waals surface area contributed by atoms with Gasteiger partial charge in [0.25, 0.3) is 0 Å². The Morgan fingerprint density at radius 3 is 2.67 bits per heavy atom. The summed E-state index contributed by atoms with van der Waals surface area (Å²) in [5.74, 6) is 1.47. The van der Waals surface area contributed by atoms with Crippen molar-refractivity contribution < 1.29 is 23.5 Å². The number of cyclic esters (lactones) is 1. The van der Waals surface area contributed by atoms with E-state index in [2.05, 4.69) is 10.2 Å². The molecule has 0 aliphatic carbocycles. The molecule has 0 bridgehead atoms. The van der Waals surface area contributed by atoms with E-state index in [4.69, 9.17) is 13.9 Å². The lowest BCUT2D eigenvalue weighted by Gasteiger charge is -2.33. The van der Waals surface area contributed by atoms with Crippen LogP contribution in [-0.4, -0.2) is 74.3 Å². The van der Waals surface area contributed by atoms with Crippen molar-refractivity contribution in [3.05, 3.63) is 23.7 Å². The average molecular weight is 337 g/mol. The molecule has 2 fully saturated rings. The molecule has 2 aliphatic heterocycles. The molecule has 24 heavy (non-hydrogen) atoms. The number of morpholine rings is 1. The van der Waals surface area contributed by atoms with Crippen molar-refractivity contribution in [1.29, 1.82) is 0 Å². The molecule has 2 amide bonds. The molecule has 1 aromatic rings. The van der Waals surface area contributed by atoms with Gasteiger partial charge in [-0.3, -0.25) is 14.6 Å². The highest BCUT2D eigenvalue weighted by Gasteiger charge is 2.27. The zero-order valence-electron chi connectivity index (χ0n) is 13.8. The Morgan fingerprint density at radius 1 is 1.25 bits per heavy atom. The van der Waals surface area contributed by atoms with Crippen LogP contribution in [0.5, 0.6) is 0 Å². The number of carbonyl (C=O) groups is 2. The lowest BCUT2D eigenvalue weighted by atomic mass is 10.1. The van der Waals surface area contributed by atoms with Crippen molar-refractivity contribution in [2.45, 2.75) is 13.0 Å². The molecule has 8 nitrogen and oxygen atoms in total. The Balaban J connectivity index is 1.59. The standard InChI is InChI=1S/C16H23N3O5/c1-12-2-3-14(24-12)13(18-4-7-22-8-5-18)10-17-15(20)11-19-6-9-23-16(19)21/h2-3,13H,4-11H2,1H3,(H,17,20). The van der Waals surface area contributed by atoms with E-state index >= 15 is 0 Å². The molecule has 3 heterocycles. The topological polar surface area (TPSA) is 84.3 Å². The number of hydrogen-bond acceptors (Lipinski definition) is 6. The van der Waals surface area contributed by atoms with Gasteiger partial charge in [-0.1, -0.05) is 0 Å². The molecule has 0 spiro atoms. The second-order valence-electron chi connectivity index (χ2n) is 5.95. The summed E-state index contributed by atoms with van der Waals surface area (Å²) in [7, 11) is 0. The molecule has 1 aromatic heterocycles. The second kappa shape index (κ2) is 7.67. The third kappa shape index (κ3) is 4.07. The first-order valence-electron chi connectivity index (χ1n) is 8.20. The first kappa shape index (κ1) is 16.8. The normalized spacial score (nSPS) is 20.0. The molecule has 0 aromatic carbocycles. The van der Waals surface area contributed by atoms with Gasteiger partial charge in [0.15, 0.2) is 0 Å². The van der Waals surface area contributed by atoms with Gasteiger partial charge >= 0.3 is 6.09 Å². The molecule has 0 radical (unpaired) electrons. The van der Waals surface area contributed by atoms with Crippen LogP contribution in [0.4, 0.5) is 4.79 Å². The zero-order valence-corrected chi connectivity index (χ0v) is 13.8. The van der Waals surface area contributed by atoms with E-state index in [1.165, 1.54) is 4.90 Å². The van der Waals surface area contributed by atoms with Crippen molar-refractivity contribution in [1.82, 2.24) is 15.1 Å². The molecule has 2 saturated heterocycles. The molecule has 1 atom stereocenters. The SMILES string of the molecule is Cc1ccc(C(CNC(=O)CN2CCOC2=O)N2CCOCC2)o1. The average Bonchev–Trinajstić information content (AvgIpc) is 3.18. The highest BCUT2D eigenvalue weighted by Crippen LogP contribution is 2.23. The number of ether oxygens (including phenoxy) is 2. The number of furan rings is 1. The van der Waals surface area contributed by atoms with E-state index in [9.17, 15) is 9.59 Å². The third-order valence-corrected chi connectivity index (χ3v) is 4.25. The Hall–Kier alpha value is -2.06. The summed E-state index contributed by atoms with van der Waals surface area (Å²) in [6.45, 7) is 6.06. The Bertz CT molecular complexity index is 582. The maximum Gasteiger partial charge on any atom is 0.410 e. The van der Waals surface area contributed by atoms with E-state index < -0.39 is 6.09 Å². The predicted octanol–water partition coefficient (Wildman–Crippen LogP) is 0.530. The summed E-state index contributed by atoms with van der Waals surface area (Å²) >= 11 is 0. The van der Waals surface area contributed by atoms with Crippen LogP contribution in [0.2, 0.25) is 0 Å². The second-order valence-corrected chi connectivity index (χ2v) is 5.95. The van der Waals surface area contributed by atoms with E-state index in [1.807, 2.05) is 19.1 Å². The summed E-state index contributed by atoms with van der Waals surface area (Å²) in [5, 5.41) is 2.90. The maximum atomic E-state index is 12.1. The Morgan fingerprint density at radius 2 is 2.04 bits per heavy atom. The van der Waals surface area contributed by atoms with Crippen molar-refractivity contribution in [2.24, 2.45) is 0 Å². The highest BCUT2D eigenvalue weighted by atomic mass is 16.6. The van der Waals surface area contributed by atoms with Gasteiger partial charge in [-0.2, -0.15) is 0 Å². The Labute approximate surface area is 140 Å². The van der Waals surface area contributed by atoms with E-state index in [0.717, 1.165) is 24.6 Å². The molecule has 1 unspecified atom stereocenters. The lowest BCUT2D eigenvalue weighted by molar-refractivity contribution is -0.122. The first-order chi connectivity index (χ1) is 11.6. The molecular weight excluding hydrogens is 314 g/mol. The van der Waals surface area contributed by atoms with E-state index in [-0.39, 0.29) is 18.5 Å². The van der Waals surface area contributed by atoms with Gasteiger partial charge in [0.2, 0.25) is 5.91 Å². The zero-order chi connectivity index (χ0) is 16.9. The minimum absolute atomic E-state index is 0.0197. The quantitative estimate of drug-likeness (QED) is 0.815. The Kier molecular flexibility index (Phi) is 5.37. The maximum absolute atomic E-state index is 12.1. The summed E-state index contributed by atoms with van der Waals surface area (Å²) in [6, 6.07) is 3.82. The minimum Gasteiger partial charge on any atom is -0.465 e. The molecule has 0 saturated carbocycles. The minimum atomic E-state index is -0.434. The summed E-state index contributed by atoms with van der Waals surface area (Å²) in [4.78, 5) is 27.2. The fourth-order valence-corrected chi connectivity index (χ4v) is 2.94. The van der Waals surface area contributed by atoms with Crippen LogP contribution < -0.4 is 5.32 Å². The molecule has 1 N–H and O–H groups in total.